The van der Waals surface area contributed by atoms with Crippen LogP contribution in [0.5, 0.6) is 11.5 Å². The van der Waals surface area contributed by atoms with E-state index in [-0.39, 0.29) is 23.9 Å². The molecule has 0 unspecified atom stereocenters. The number of carbonyl (C=O) groups is 3. The first kappa shape index (κ1) is 23.4. The number of benzene rings is 1. The van der Waals surface area contributed by atoms with Crippen LogP contribution in [0.4, 0.5) is 5.82 Å². The van der Waals surface area contributed by atoms with E-state index < -0.39 is 17.7 Å². The first-order valence-corrected chi connectivity index (χ1v) is 9.98. The van der Waals surface area contributed by atoms with Crippen molar-refractivity contribution in [3.05, 3.63) is 47.7 Å². The third kappa shape index (κ3) is 5.32. The van der Waals surface area contributed by atoms with E-state index in [1.54, 1.807) is 33.1 Å². The minimum absolute atomic E-state index is 0.0258. The van der Waals surface area contributed by atoms with E-state index in [0.29, 0.717) is 29.3 Å². The van der Waals surface area contributed by atoms with Gasteiger partial charge in [0.15, 0.2) is 11.5 Å². The quantitative estimate of drug-likeness (QED) is 0.500. The van der Waals surface area contributed by atoms with Crippen LogP contribution in [0.15, 0.2) is 46.4 Å². The van der Waals surface area contributed by atoms with Gasteiger partial charge < -0.3 is 20.1 Å². The number of anilines is 1. The van der Waals surface area contributed by atoms with Crippen LogP contribution in [0.25, 0.3) is 0 Å². The van der Waals surface area contributed by atoms with Gasteiger partial charge in [-0.2, -0.15) is 14.8 Å². The summed E-state index contributed by atoms with van der Waals surface area (Å²) in [7, 11) is 3.09. The van der Waals surface area contributed by atoms with Gasteiger partial charge in [0.05, 0.1) is 31.2 Å². The zero-order chi connectivity index (χ0) is 24.1. The Labute approximate surface area is 190 Å². The van der Waals surface area contributed by atoms with Gasteiger partial charge in [-0.1, -0.05) is 12.6 Å². The predicted octanol–water partition coefficient (Wildman–Crippen LogP) is 1.27. The summed E-state index contributed by atoms with van der Waals surface area (Å²) >= 11 is 0. The molecule has 1 aromatic carbocycles. The summed E-state index contributed by atoms with van der Waals surface area (Å²) in [6, 6.07) is 6.95. The van der Waals surface area contributed by atoms with E-state index in [2.05, 4.69) is 32.3 Å². The lowest BCUT2D eigenvalue weighted by molar-refractivity contribution is -0.136. The number of hydrogen-bond acceptors (Lipinski definition) is 7. The van der Waals surface area contributed by atoms with Crippen LogP contribution in [0.2, 0.25) is 0 Å². The molecule has 11 nitrogen and oxygen atoms in total. The summed E-state index contributed by atoms with van der Waals surface area (Å²) in [5, 5.41) is 9.25. The minimum atomic E-state index is -0.892. The second-order valence-electron chi connectivity index (χ2n) is 7.12. The van der Waals surface area contributed by atoms with Gasteiger partial charge in [0, 0.05) is 12.6 Å². The Hall–Kier alpha value is -4.28. The van der Waals surface area contributed by atoms with Crippen molar-refractivity contribution in [2.75, 3.05) is 26.1 Å². The monoisotopic (exact) mass is 452 g/mol. The number of aryl methyl sites for hydroxylation is 1. The van der Waals surface area contributed by atoms with E-state index in [9.17, 15) is 14.4 Å². The molecule has 0 spiro atoms. The van der Waals surface area contributed by atoms with Gasteiger partial charge in [0.25, 0.3) is 11.9 Å². The average Bonchev–Trinajstić information content (AvgIpc) is 3.16. The molecule has 11 heteroatoms. The Bertz CT molecular complexity index is 1190. The zero-order valence-electron chi connectivity index (χ0n) is 18.8. The minimum Gasteiger partial charge on any atom is -0.493 e. The number of rotatable bonds is 6. The molecule has 0 fully saturated rings. The highest BCUT2D eigenvalue weighted by atomic mass is 16.5. The predicted molar refractivity (Wildman–Crippen MR) is 122 cm³/mol. The van der Waals surface area contributed by atoms with E-state index >= 15 is 0 Å². The van der Waals surface area contributed by atoms with Crippen LogP contribution in [0, 0.1) is 6.92 Å². The van der Waals surface area contributed by atoms with Gasteiger partial charge in [0.2, 0.25) is 0 Å². The largest absolute Gasteiger partial charge is 0.493 e. The molecule has 2 heterocycles. The van der Waals surface area contributed by atoms with Crippen molar-refractivity contribution in [2.24, 2.45) is 9.98 Å². The van der Waals surface area contributed by atoms with Crippen LogP contribution >= 0.6 is 0 Å². The fourth-order valence-electron chi connectivity index (χ4n) is 3.00. The molecule has 0 radical (unpaired) electrons. The standard InChI is InChI=1S/C22H24N6O5/c1-12-10-18(28(27-12)22-24-14(3)13(2)19(29)26-22)25-21(31)20(30)23-9-8-15-6-7-16(32-4)17(11-15)33-5/h6-7,10-11H,2,8-9H2,1,3-5H3,(H,23,30)(H,25,31). The molecule has 0 atom stereocenters. The van der Waals surface area contributed by atoms with E-state index in [0.717, 1.165) is 5.56 Å². The SMILES string of the molecule is C=C1C(=O)N=C(n2nc(C)cc2NC(=O)C(=O)NCCc2ccc(OC)c(OC)c2)N=C1C. The lowest BCUT2D eigenvalue weighted by Gasteiger charge is -2.13. The van der Waals surface area contributed by atoms with Crippen molar-refractivity contribution < 1.29 is 23.9 Å². The smallest absolute Gasteiger partial charge is 0.314 e. The molecule has 3 rings (SSSR count). The summed E-state index contributed by atoms with van der Waals surface area (Å²) in [5.41, 5.74) is 2.01. The van der Waals surface area contributed by atoms with Gasteiger partial charge in [-0.25, -0.2) is 4.99 Å². The first-order chi connectivity index (χ1) is 15.7. The molecule has 0 bridgehead atoms. The maximum atomic E-state index is 12.4. The Morgan fingerprint density at radius 1 is 1.06 bits per heavy atom. The fraction of sp³-hybridized carbons (Fsp3) is 0.273. The van der Waals surface area contributed by atoms with Crippen molar-refractivity contribution in [3.63, 3.8) is 0 Å². The highest BCUT2D eigenvalue weighted by molar-refractivity contribution is 6.39. The molecular formula is C22H24N6O5. The number of nitrogens with one attached hydrogen (secondary N) is 2. The number of methoxy groups -OCH3 is 2. The Morgan fingerprint density at radius 2 is 1.79 bits per heavy atom. The van der Waals surface area contributed by atoms with Crippen molar-refractivity contribution >= 4 is 35.2 Å². The van der Waals surface area contributed by atoms with Crippen LogP contribution < -0.4 is 20.1 Å². The molecule has 0 saturated heterocycles. The second kappa shape index (κ2) is 9.90. The van der Waals surface area contributed by atoms with Crippen LogP contribution in [-0.2, 0) is 20.8 Å². The summed E-state index contributed by atoms with van der Waals surface area (Å²) < 4.78 is 11.7. The molecule has 2 aromatic rings. The molecule has 0 aliphatic carbocycles. The molecule has 33 heavy (non-hydrogen) atoms. The van der Waals surface area contributed by atoms with Gasteiger partial charge in [-0.15, -0.1) is 0 Å². The number of amides is 3. The Kier molecular flexibility index (Phi) is 7.01. The molecule has 172 valence electrons. The molecule has 1 aromatic heterocycles. The van der Waals surface area contributed by atoms with Gasteiger partial charge in [-0.3, -0.25) is 14.4 Å². The summed E-state index contributed by atoms with van der Waals surface area (Å²) in [4.78, 5) is 44.7. The number of hydrogen-bond donors (Lipinski definition) is 2. The van der Waals surface area contributed by atoms with Crippen LogP contribution in [0.1, 0.15) is 18.2 Å². The summed E-state index contributed by atoms with van der Waals surface area (Å²) in [5.74, 6) is -0.953. The van der Waals surface area contributed by atoms with Crippen LogP contribution in [0.3, 0.4) is 0 Å². The number of aliphatic imine (C=N–C) groups is 2. The highest BCUT2D eigenvalue weighted by Gasteiger charge is 2.23. The normalized spacial score (nSPS) is 13.2. The molecule has 2 N–H and O–H groups in total. The fourth-order valence-corrected chi connectivity index (χ4v) is 3.00. The lowest BCUT2D eigenvalue weighted by Crippen LogP contribution is -2.37. The second-order valence-corrected chi connectivity index (χ2v) is 7.12. The lowest BCUT2D eigenvalue weighted by atomic mass is 10.1. The third-order valence-electron chi connectivity index (χ3n) is 4.78. The first-order valence-electron chi connectivity index (χ1n) is 9.98. The summed E-state index contributed by atoms with van der Waals surface area (Å²) in [6.45, 7) is 7.16. The Morgan fingerprint density at radius 3 is 2.45 bits per heavy atom. The molecule has 1 aliphatic heterocycles. The third-order valence-corrected chi connectivity index (χ3v) is 4.78. The molecule has 3 amide bonds. The van der Waals surface area contributed by atoms with Crippen molar-refractivity contribution in [1.29, 1.82) is 0 Å². The molecule has 0 saturated carbocycles. The van der Waals surface area contributed by atoms with E-state index in [1.165, 1.54) is 17.9 Å². The van der Waals surface area contributed by atoms with E-state index in [1.807, 2.05) is 6.07 Å². The van der Waals surface area contributed by atoms with Gasteiger partial charge in [-0.05, 0) is 38.0 Å². The van der Waals surface area contributed by atoms with E-state index in [4.69, 9.17) is 9.47 Å². The van der Waals surface area contributed by atoms with Gasteiger partial charge >= 0.3 is 11.8 Å². The topological polar surface area (TPSA) is 136 Å². The average molecular weight is 452 g/mol. The zero-order valence-corrected chi connectivity index (χ0v) is 18.8. The van der Waals surface area contributed by atoms with Crippen LogP contribution in [-0.4, -0.2) is 59.9 Å². The highest BCUT2D eigenvalue weighted by Crippen LogP contribution is 2.27. The van der Waals surface area contributed by atoms with Gasteiger partial charge in [0.1, 0.15) is 5.82 Å². The number of ether oxygens (including phenoxy) is 2. The summed E-state index contributed by atoms with van der Waals surface area (Å²) in [6.07, 6.45) is 0.479. The van der Waals surface area contributed by atoms with Crippen molar-refractivity contribution in [1.82, 2.24) is 15.1 Å². The molecular weight excluding hydrogens is 428 g/mol. The number of nitrogens with zero attached hydrogens (tertiary/aromatic N) is 4. The Balaban J connectivity index is 1.63. The maximum Gasteiger partial charge on any atom is 0.314 e. The van der Waals surface area contributed by atoms with Crippen molar-refractivity contribution in [2.45, 2.75) is 20.3 Å². The number of aromatic nitrogens is 2. The maximum absolute atomic E-state index is 12.4. The van der Waals surface area contributed by atoms with Crippen molar-refractivity contribution in [3.8, 4) is 11.5 Å². The number of carbonyl (C=O) groups excluding carboxylic acids is 3. The molecule has 1 aliphatic rings.